The van der Waals surface area contributed by atoms with Crippen LogP contribution < -0.4 is 0 Å². The van der Waals surface area contributed by atoms with Crippen molar-refractivity contribution in [3.8, 4) is 0 Å². The smallest absolute Gasteiger partial charge is 0.309 e. The van der Waals surface area contributed by atoms with E-state index < -0.39 is 5.97 Å². The molecular formula is C14H17N3O2. The van der Waals surface area contributed by atoms with Gasteiger partial charge in [0.25, 0.3) is 0 Å². The summed E-state index contributed by atoms with van der Waals surface area (Å²) in [5.41, 5.74) is 3.03. The zero-order valence-electron chi connectivity index (χ0n) is 10.9. The molecule has 19 heavy (non-hydrogen) atoms. The van der Waals surface area contributed by atoms with Gasteiger partial charge in [0.2, 0.25) is 0 Å². The minimum atomic E-state index is -0.873. The Labute approximate surface area is 111 Å². The van der Waals surface area contributed by atoms with E-state index in [1.165, 1.54) is 11.8 Å². The molecule has 0 bridgehead atoms. The fraction of sp³-hybridized carbons (Fsp3) is 0.357. The van der Waals surface area contributed by atoms with Gasteiger partial charge >= 0.3 is 5.97 Å². The molecule has 1 heterocycles. The molecule has 0 atom stereocenters. The Kier molecular flexibility index (Phi) is 4.28. The molecule has 0 saturated carbocycles. The standard InChI is InChI=1S/C14H17N3O2/c1-2-3-11-4-6-12(7-5-11)10-17-13(8-14(18)19)9-15-16-17/h4-7,9H,2-3,8,10H2,1H3,(H,18,19). The zero-order valence-corrected chi connectivity index (χ0v) is 10.9. The van der Waals surface area contributed by atoms with Crippen molar-refractivity contribution < 1.29 is 9.90 Å². The molecule has 1 N–H and O–H groups in total. The van der Waals surface area contributed by atoms with Gasteiger partial charge < -0.3 is 5.11 Å². The number of nitrogens with zero attached hydrogens (tertiary/aromatic N) is 3. The van der Waals surface area contributed by atoms with Crippen molar-refractivity contribution in [1.29, 1.82) is 0 Å². The van der Waals surface area contributed by atoms with Crippen LogP contribution in [-0.4, -0.2) is 26.1 Å². The van der Waals surface area contributed by atoms with Gasteiger partial charge in [0.15, 0.2) is 0 Å². The van der Waals surface area contributed by atoms with E-state index in [-0.39, 0.29) is 6.42 Å². The van der Waals surface area contributed by atoms with Gasteiger partial charge in [0.05, 0.1) is 24.9 Å². The lowest BCUT2D eigenvalue weighted by atomic mass is 10.1. The predicted octanol–water partition coefficient (Wildman–Crippen LogP) is 1.91. The molecule has 2 rings (SSSR count). The molecule has 0 amide bonds. The van der Waals surface area contributed by atoms with Crippen molar-refractivity contribution in [3.05, 3.63) is 47.3 Å². The summed E-state index contributed by atoms with van der Waals surface area (Å²) in [5, 5.41) is 16.5. The third kappa shape index (κ3) is 3.64. The van der Waals surface area contributed by atoms with Crippen LogP contribution in [0.4, 0.5) is 0 Å². The second-order valence-electron chi connectivity index (χ2n) is 4.52. The Bertz CT molecular complexity index is 546. The summed E-state index contributed by atoms with van der Waals surface area (Å²) >= 11 is 0. The second kappa shape index (κ2) is 6.13. The van der Waals surface area contributed by atoms with E-state index in [1.807, 2.05) is 0 Å². The summed E-state index contributed by atoms with van der Waals surface area (Å²) < 4.78 is 1.63. The molecule has 100 valence electrons. The molecule has 0 aliphatic carbocycles. The van der Waals surface area contributed by atoms with E-state index in [0.29, 0.717) is 12.2 Å². The second-order valence-corrected chi connectivity index (χ2v) is 4.52. The van der Waals surface area contributed by atoms with Crippen LogP contribution in [0.1, 0.15) is 30.2 Å². The van der Waals surface area contributed by atoms with Crippen LogP contribution in [0, 0.1) is 0 Å². The maximum absolute atomic E-state index is 10.7. The van der Waals surface area contributed by atoms with E-state index in [9.17, 15) is 4.79 Å². The minimum Gasteiger partial charge on any atom is -0.481 e. The molecular weight excluding hydrogens is 242 g/mol. The summed E-state index contributed by atoms with van der Waals surface area (Å²) in [6.07, 6.45) is 3.65. The van der Waals surface area contributed by atoms with Crippen molar-refractivity contribution in [2.45, 2.75) is 32.7 Å². The first kappa shape index (κ1) is 13.3. The SMILES string of the molecule is CCCc1ccc(Cn2nncc2CC(=O)O)cc1. The highest BCUT2D eigenvalue weighted by Crippen LogP contribution is 2.09. The minimum absolute atomic E-state index is 0.0546. The average molecular weight is 259 g/mol. The fourth-order valence-electron chi connectivity index (χ4n) is 1.98. The number of hydrogen-bond acceptors (Lipinski definition) is 3. The van der Waals surface area contributed by atoms with E-state index in [4.69, 9.17) is 5.11 Å². The molecule has 0 aliphatic heterocycles. The molecule has 1 aromatic carbocycles. The van der Waals surface area contributed by atoms with Gasteiger partial charge in [0, 0.05) is 0 Å². The molecule has 0 fully saturated rings. The largest absolute Gasteiger partial charge is 0.481 e. The predicted molar refractivity (Wildman–Crippen MR) is 70.9 cm³/mol. The quantitative estimate of drug-likeness (QED) is 0.860. The van der Waals surface area contributed by atoms with Gasteiger partial charge in [-0.15, -0.1) is 5.10 Å². The maximum Gasteiger partial charge on any atom is 0.309 e. The van der Waals surface area contributed by atoms with E-state index in [2.05, 4.69) is 41.5 Å². The van der Waals surface area contributed by atoms with Crippen molar-refractivity contribution in [3.63, 3.8) is 0 Å². The number of carboxylic acid groups (broad SMARTS) is 1. The zero-order chi connectivity index (χ0) is 13.7. The molecule has 5 heteroatoms. The lowest BCUT2D eigenvalue weighted by Gasteiger charge is -2.06. The first-order valence-corrected chi connectivity index (χ1v) is 6.36. The molecule has 2 aromatic rings. The summed E-state index contributed by atoms with van der Waals surface area (Å²) in [5.74, 6) is -0.873. The van der Waals surface area contributed by atoms with E-state index in [1.54, 1.807) is 4.68 Å². The van der Waals surface area contributed by atoms with E-state index in [0.717, 1.165) is 18.4 Å². The Morgan fingerprint density at radius 3 is 2.58 bits per heavy atom. The topological polar surface area (TPSA) is 68.0 Å². The Balaban J connectivity index is 2.08. The molecule has 0 aliphatic rings. The molecule has 0 spiro atoms. The van der Waals surface area contributed by atoms with Gasteiger partial charge in [0.1, 0.15) is 0 Å². The Morgan fingerprint density at radius 2 is 1.95 bits per heavy atom. The molecule has 5 nitrogen and oxygen atoms in total. The number of aliphatic carboxylic acids is 1. The van der Waals surface area contributed by atoms with Gasteiger partial charge in [-0.2, -0.15) is 0 Å². The summed E-state index contributed by atoms with van der Waals surface area (Å²) in [6, 6.07) is 8.31. The third-order valence-corrected chi connectivity index (χ3v) is 2.92. The number of carboxylic acids is 1. The third-order valence-electron chi connectivity index (χ3n) is 2.92. The van der Waals surface area contributed by atoms with Crippen molar-refractivity contribution in [2.24, 2.45) is 0 Å². The van der Waals surface area contributed by atoms with Crippen LogP contribution in [0.15, 0.2) is 30.5 Å². The number of aryl methyl sites for hydroxylation is 1. The normalized spacial score (nSPS) is 10.6. The summed E-state index contributed by atoms with van der Waals surface area (Å²) in [6.45, 7) is 2.70. The average Bonchev–Trinajstić information content (AvgIpc) is 2.79. The number of rotatable bonds is 6. The van der Waals surface area contributed by atoms with Crippen LogP contribution in [-0.2, 0) is 24.2 Å². The van der Waals surface area contributed by atoms with Crippen molar-refractivity contribution in [1.82, 2.24) is 15.0 Å². The van der Waals surface area contributed by atoms with Crippen LogP contribution in [0.3, 0.4) is 0 Å². The molecule has 0 saturated heterocycles. The first-order valence-electron chi connectivity index (χ1n) is 6.36. The van der Waals surface area contributed by atoms with Gasteiger partial charge in [-0.25, -0.2) is 4.68 Å². The molecule has 1 aromatic heterocycles. The van der Waals surface area contributed by atoms with Crippen molar-refractivity contribution in [2.75, 3.05) is 0 Å². The van der Waals surface area contributed by atoms with Gasteiger partial charge in [-0.3, -0.25) is 4.79 Å². The molecule has 0 radical (unpaired) electrons. The van der Waals surface area contributed by atoms with Crippen LogP contribution in [0.5, 0.6) is 0 Å². The first-order chi connectivity index (χ1) is 9.19. The van der Waals surface area contributed by atoms with E-state index >= 15 is 0 Å². The highest BCUT2D eigenvalue weighted by Gasteiger charge is 2.08. The fourth-order valence-corrected chi connectivity index (χ4v) is 1.98. The number of hydrogen-bond donors (Lipinski definition) is 1. The molecule has 0 unspecified atom stereocenters. The van der Waals surface area contributed by atoms with Gasteiger partial charge in [-0.1, -0.05) is 42.8 Å². The highest BCUT2D eigenvalue weighted by molar-refractivity contribution is 5.69. The van der Waals surface area contributed by atoms with Crippen LogP contribution in [0.25, 0.3) is 0 Å². The lowest BCUT2D eigenvalue weighted by Crippen LogP contribution is -2.10. The Hall–Kier alpha value is -2.17. The number of carbonyl (C=O) groups is 1. The summed E-state index contributed by atoms with van der Waals surface area (Å²) in [7, 11) is 0. The number of aromatic nitrogens is 3. The van der Waals surface area contributed by atoms with Crippen molar-refractivity contribution >= 4 is 5.97 Å². The van der Waals surface area contributed by atoms with Gasteiger partial charge in [-0.05, 0) is 17.5 Å². The van der Waals surface area contributed by atoms with Crippen LogP contribution >= 0.6 is 0 Å². The maximum atomic E-state index is 10.7. The van der Waals surface area contributed by atoms with Crippen LogP contribution in [0.2, 0.25) is 0 Å². The lowest BCUT2D eigenvalue weighted by molar-refractivity contribution is -0.136. The number of benzene rings is 1. The Morgan fingerprint density at radius 1 is 1.26 bits per heavy atom. The monoisotopic (exact) mass is 259 g/mol. The highest BCUT2D eigenvalue weighted by atomic mass is 16.4. The summed E-state index contributed by atoms with van der Waals surface area (Å²) in [4.78, 5) is 10.7.